The van der Waals surface area contributed by atoms with E-state index >= 15 is 0 Å². The van der Waals surface area contributed by atoms with E-state index in [1.807, 2.05) is 0 Å². The van der Waals surface area contributed by atoms with Crippen molar-refractivity contribution in [2.75, 3.05) is 11.3 Å². The highest BCUT2D eigenvalue weighted by molar-refractivity contribution is 9.10. The van der Waals surface area contributed by atoms with Gasteiger partial charge in [-0.15, -0.1) is 0 Å². The van der Waals surface area contributed by atoms with Crippen LogP contribution in [0.25, 0.3) is 0 Å². The highest BCUT2D eigenvalue weighted by Gasteiger charge is 2.16. The second-order valence-electron chi connectivity index (χ2n) is 5.94. The third kappa shape index (κ3) is 6.37. The predicted octanol–water partition coefficient (Wildman–Crippen LogP) is 2.93. The summed E-state index contributed by atoms with van der Waals surface area (Å²) < 4.78 is 32.9. The van der Waals surface area contributed by atoms with Crippen LogP contribution in [0.1, 0.15) is 24.2 Å². The van der Waals surface area contributed by atoms with Gasteiger partial charge in [0.1, 0.15) is 0 Å². The first-order valence-corrected chi connectivity index (χ1v) is 10.3. The second kappa shape index (κ2) is 9.01. The standard InChI is InChI=1S/C18H19BrN2O5S/c1-12(2)20-17(22)11-26-18(23)13-4-3-5-15(10-13)21-27(24,25)16-8-6-14(19)7-9-16/h3-10,12,21H,11H2,1-2H3,(H,20,22). The topological polar surface area (TPSA) is 102 Å². The first kappa shape index (κ1) is 20.9. The van der Waals surface area contributed by atoms with Gasteiger partial charge in [-0.1, -0.05) is 22.0 Å². The number of nitrogens with one attached hydrogen (secondary N) is 2. The van der Waals surface area contributed by atoms with Crippen molar-refractivity contribution < 1.29 is 22.7 Å². The minimum absolute atomic E-state index is 0.0625. The van der Waals surface area contributed by atoms with Gasteiger partial charge in [-0.05, 0) is 56.3 Å². The highest BCUT2D eigenvalue weighted by Crippen LogP contribution is 2.19. The Labute approximate surface area is 166 Å². The van der Waals surface area contributed by atoms with E-state index in [9.17, 15) is 18.0 Å². The first-order valence-electron chi connectivity index (χ1n) is 8.02. The van der Waals surface area contributed by atoms with Gasteiger partial charge in [-0.2, -0.15) is 0 Å². The van der Waals surface area contributed by atoms with Crippen molar-refractivity contribution in [3.8, 4) is 0 Å². The molecule has 0 atom stereocenters. The number of hydrogen-bond acceptors (Lipinski definition) is 5. The van der Waals surface area contributed by atoms with Crippen molar-refractivity contribution in [1.82, 2.24) is 5.32 Å². The minimum atomic E-state index is -3.80. The number of halogens is 1. The van der Waals surface area contributed by atoms with Gasteiger partial charge in [0.05, 0.1) is 10.5 Å². The zero-order valence-corrected chi connectivity index (χ0v) is 17.1. The zero-order chi connectivity index (χ0) is 20.0. The Hall–Kier alpha value is -2.39. The molecule has 9 heteroatoms. The number of esters is 1. The summed E-state index contributed by atoms with van der Waals surface area (Å²) in [5, 5.41) is 2.60. The van der Waals surface area contributed by atoms with Gasteiger partial charge >= 0.3 is 5.97 Å². The van der Waals surface area contributed by atoms with E-state index in [2.05, 4.69) is 26.0 Å². The largest absolute Gasteiger partial charge is 0.452 e. The molecule has 2 aromatic rings. The monoisotopic (exact) mass is 454 g/mol. The molecule has 0 aliphatic carbocycles. The number of carbonyl (C=O) groups is 2. The van der Waals surface area contributed by atoms with Crippen molar-refractivity contribution in [3.05, 3.63) is 58.6 Å². The van der Waals surface area contributed by atoms with Gasteiger partial charge in [-0.25, -0.2) is 13.2 Å². The van der Waals surface area contributed by atoms with Crippen LogP contribution in [-0.4, -0.2) is 32.9 Å². The molecule has 27 heavy (non-hydrogen) atoms. The Morgan fingerprint density at radius 2 is 1.78 bits per heavy atom. The fraction of sp³-hybridized carbons (Fsp3) is 0.222. The van der Waals surface area contributed by atoms with Crippen LogP contribution < -0.4 is 10.0 Å². The number of hydrogen-bond donors (Lipinski definition) is 2. The Morgan fingerprint density at radius 3 is 2.41 bits per heavy atom. The number of anilines is 1. The third-order valence-corrected chi connectivity index (χ3v) is 5.18. The summed E-state index contributed by atoms with van der Waals surface area (Å²) in [6, 6.07) is 11.9. The molecule has 0 fully saturated rings. The lowest BCUT2D eigenvalue weighted by atomic mass is 10.2. The van der Waals surface area contributed by atoms with Crippen LogP contribution in [0.15, 0.2) is 57.9 Å². The summed E-state index contributed by atoms with van der Waals surface area (Å²) in [7, 11) is -3.80. The molecule has 2 N–H and O–H groups in total. The van der Waals surface area contributed by atoms with E-state index in [-0.39, 0.29) is 22.2 Å². The van der Waals surface area contributed by atoms with Gasteiger partial charge in [-0.3, -0.25) is 9.52 Å². The molecule has 0 aliphatic heterocycles. The van der Waals surface area contributed by atoms with Gasteiger partial charge in [0.2, 0.25) is 0 Å². The molecule has 0 saturated carbocycles. The minimum Gasteiger partial charge on any atom is -0.452 e. The second-order valence-corrected chi connectivity index (χ2v) is 8.54. The highest BCUT2D eigenvalue weighted by atomic mass is 79.9. The first-order chi connectivity index (χ1) is 12.7. The Balaban J connectivity index is 2.07. The van der Waals surface area contributed by atoms with Crippen LogP contribution in [0, 0.1) is 0 Å². The summed E-state index contributed by atoms with van der Waals surface area (Å²) in [6.07, 6.45) is 0. The third-order valence-electron chi connectivity index (χ3n) is 3.26. The molecule has 144 valence electrons. The number of rotatable bonds is 7. The van der Waals surface area contributed by atoms with E-state index in [0.29, 0.717) is 0 Å². The van der Waals surface area contributed by atoms with E-state index in [1.54, 1.807) is 26.0 Å². The quantitative estimate of drug-likeness (QED) is 0.626. The molecule has 2 rings (SSSR count). The summed E-state index contributed by atoms with van der Waals surface area (Å²) in [6.45, 7) is 3.17. The van der Waals surface area contributed by atoms with E-state index < -0.39 is 28.5 Å². The summed E-state index contributed by atoms with van der Waals surface area (Å²) in [5.41, 5.74) is 0.336. The van der Waals surface area contributed by atoms with Crippen molar-refractivity contribution in [2.45, 2.75) is 24.8 Å². The molecule has 0 bridgehead atoms. The number of amides is 1. The maximum Gasteiger partial charge on any atom is 0.338 e. The van der Waals surface area contributed by atoms with Crippen LogP contribution in [0.5, 0.6) is 0 Å². The Kier molecular flexibility index (Phi) is 6.98. The lowest BCUT2D eigenvalue weighted by Gasteiger charge is -2.11. The molecular weight excluding hydrogens is 436 g/mol. The van der Waals surface area contributed by atoms with Gasteiger partial charge in [0.25, 0.3) is 15.9 Å². The number of benzene rings is 2. The van der Waals surface area contributed by atoms with Gasteiger partial charge < -0.3 is 10.1 Å². The summed E-state index contributed by atoms with van der Waals surface area (Å²) in [5.74, 6) is -1.14. The maximum absolute atomic E-state index is 12.4. The van der Waals surface area contributed by atoms with Crippen LogP contribution in [-0.2, 0) is 19.6 Å². The molecule has 1 amide bonds. The van der Waals surface area contributed by atoms with Crippen LogP contribution >= 0.6 is 15.9 Å². The molecule has 0 aromatic heterocycles. The smallest absolute Gasteiger partial charge is 0.338 e. The van der Waals surface area contributed by atoms with Crippen molar-refractivity contribution in [3.63, 3.8) is 0 Å². The molecular formula is C18H19BrN2O5S. The SMILES string of the molecule is CC(C)NC(=O)COC(=O)c1cccc(NS(=O)(=O)c2ccc(Br)cc2)c1. The zero-order valence-electron chi connectivity index (χ0n) is 14.7. The molecule has 2 aromatic carbocycles. The molecule has 0 aliphatic rings. The normalized spacial score (nSPS) is 11.1. The number of ether oxygens (including phenoxy) is 1. The van der Waals surface area contributed by atoms with E-state index in [1.165, 1.54) is 36.4 Å². The van der Waals surface area contributed by atoms with E-state index in [4.69, 9.17) is 4.74 Å². The predicted molar refractivity (Wildman–Crippen MR) is 105 cm³/mol. The van der Waals surface area contributed by atoms with Gasteiger partial charge in [0.15, 0.2) is 6.61 Å². The fourth-order valence-corrected chi connectivity index (χ4v) is 3.43. The van der Waals surface area contributed by atoms with Crippen molar-refractivity contribution in [2.24, 2.45) is 0 Å². The average Bonchev–Trinajstić information content (AvgIpc) is 2.59. The molecule has 0 radical (unpaired) electrons. The van der Waals surface area contributed by atoms with Crippen molar-refractivity contribution >= 4 is 43.5 Å². The van der Waals surface area contributed by atoms with Crippen LogP contribution in [0.3, 0.4) is 0 Å². The molecule has 0 saturated heterocycles. The Morgan fingerprint density at radius 1 is 1.11 bits per heavy atom. The van der Waals surface area contributed by atoms with Crippen LogP contribution in [0.2, 0.25) is 0 Å². The maximum atomic E-state index is 12.4. The average molecular weight is 455 g/mol. The van der Waals surface area contributed by atoms with Crippen LogP contribution in [0.4, 0.5) is 5.69 Å². The van der Waals surface area contributed by atoms with Crippen molar-refractivity contribution in [1.29, 1.82) is 0 Å². The lowest BCUT2D eigenvalue weighted by molar-refractivity contribution is -0.124. The fourth-order valence-electron chi connectivity index (χ4n) is 2.12. The molecule has 0 spiro atoms. The van der Waals surface area contributed by atoms with Gasteiger partial charge in [0, 0.05) is 16.2 Å². The van der Waals surface area contributed by atoms with E-state index in [0.717, 1.165) is 4.47 Å². The lowest BCUT2D eigenvalue weighted by Crippen LogP contribution is -2.33. The molecule has 0 heterocycles. The number of carbonyl (C=O) groups excluding carboxylic acids is 2. The Bertz CT molecular complexity index is 927. The molecule has 0 unspecified atom stereocenters. The number of sulfonamides is 1. The molecule has 7 nitrogen and oxygen atoms in total. The summed E-state index contributed by atoms with van der Waals surface area (Å²) >= 11 is 3.25. The summed E-state index contributed by atoms with van der Waals surface area (Å²) in [4.78, 5) is 23.7.